The van der Waals surface area contributed by atoms with Crippen LogP contribution >= 0.6 is 11.3 Å². The fourth-order valence-corrected chi connectivity index (χ4v) is 2.93. The third-order valence-electron chi connectivity index (χ3n) is 3.28. The summed E-state index contributed by atoms with van der Waals surface area (Å²) in [5.74, 6) is -0.812. The van der Waals surface area contributed by atoms with Gasteiger partial charge in [-0.3, -0.25) is 4.90 Å². The van der Waals surface area contributed by atoms with Crippen LogP contribution in [0.3, 0.4) is 0 Å². The minimum Gasteiger partial charge on any atom is -0.477 e. The molecule has 0 aliphatic rings. The second kappa shape index (κ2) is 8.33. The van der Waals surface area contributed by atoms with Crippen LogP contribution in [0.15, 0.2) is 6.07 Å². The zero-order valence-corrected chi connectivity index (χ0v) is 13.1. The van der Waals surface area contributed by atoms with Gasteiger partial charge in [0.05, 0.1) is 0 Å². The largest absolute Gasteiger partial charge is 0.477 e. The van der Waals surface area contributed by atoms with E-state index in [2.05, 4.69) is 18.7 Å². The van der Waals surface area contributed by atoms with E-state index in [1.165, 1.54) is 42.6 Å². The van der Waals surface area contributed by atoms with Crippen molar-refractivity contribution in [3.05, 3.63) is 21.4 Å². The molecule has 1 heterocycles. The number of carboxylic acids is 1. The molecule has 0 aliphatic carbocycles. The molecule has 1 rings (SSSR count). The maximum Gasteiger partial charge on any atom is 0.345 e. The Balaban J connectivity index is 2.68. The van der Waals surface area contributed by atoms with Crippen LogP contribution in [0.5, 0.6) is 0 Å². The van der Waals surface area contributed by atoms with E-state index in [-0.39, 0.29) is 0 Å². The van der Waals surface area contributed by atoms with E-state index in [9.17, 15) is 4.79 Å². The number of aryl methyl sites for hydroxylation is 1. The van der Waals surface area contributed by atoms with Crippen molar-refractivity contribution >= 4 is 17.3 Å². The highest BCUT2D eigenvalue weighted by Crippen LogP contribution is 2.23. The van der Waals surface area contributed by atoms with Crippen LogP contribution in [0.1, 0.15) is 59.6 Å². The summed E-state index contributed by atoms with van der Waals surface area (Å²) in [5, 5.41) is 9.04. The standard InChI is InChI=1S/C15H25NO2S/c1-4-6-8-16(9-7-5-2)11-13-10-14(15(17)18)19-12(13)3/h10H,4-9,11H2,1-3H3,(H,17,18). The van der Waals surface area contributed by atoms with Crippen molar-refractivity contribution in [2.45, 2.75) is 53.0 Å². The zero-order chi connectivity index (χ0) is 14.3. The van der Waals surface area contributed by atoms with Crippen LogP contribution in [0, 0.1) is 6.92 Å². The summed E-state index contributed by atoms with van der Waals surface area (Å²) in [7, 11) is 0. The molecule has 0 radical (unpaired) electrons. The fraction of sp³-hybridized carbons (Fsp3) is 0.667. The molecule has 0 bridgehead atoms. The summed E-state index contributed by atoms with van der Waals surface area (Å²) in [6.07, 6.45) is 4.81. The molecule has 0 aliphatic heterocycles. The predicted molar refractivity (Wildman–Crippen MR) is 81.1 cm³/mol. The lowest BCUT2D eigenvalue weighted by atomic mass is 10.2. The molecule has 4 heteroatoms. The van der Waals surface area contributed by atoms with E-state index in [0.29, 0.717) is 4.88 Å². The summed E-state index contributed by atoms with van der Waals surface area (Å²) < 4.78 is 0. The van der Waals surface area contributed by atoms with Gasteiger partial charge >= 0.3 is 5.97 Å². The van der Waals surface area contributed by atoms with Gasteiger partial charge in [-0.2, -0.15) is 0 Å². The van der Waals surface area contributed by atoms with Gasteiger partial charge in [0.1, 0.15) is 4.88 Å². The van der Waals surface area contributed by atoms with Gasteiger partial charge in [0.25, 0.3) is 0 Å². The summed E-state index contributed by atoms with van der Waals surface area (Å²) in [6.45, 7) is 9.52. The van der Waals surface area contributed by atoms with Crippen molar-refractivity contribution in [2.75, 3.05) is 13.1 Å². The first-order valence-electron chi connectivity index (χ1n) is 7.13. The molecule has 1 N–H and O–H groups in total. The number of thiophene rings is 1. The highest BCUT2D eigenvalue weighted by atomic mass is 32.1. The van der Waals surface area contributed by atoms with Gasteiger partial charge in [0.15, 0.2) is 0 Å². The Hall–Kier alpha value is -0.870. The summed E-state index contributed by atoms with van der Waals surface area (Å²) in [4.78, 5) is 15.0. The number of carbonyl (C=O) groups is 1. The molecular formula is C15H25NO2S. The molecule has 1 aromatic heterocycles. The molecule has 0 amide bonds. The van der Waals surface area contributed by atoms with Crippen molar-refractivity contribution < 1.29 is 9.90 Å². The Kier molecular flexibility index (Phi) is 7.10. The maximum absolute atomic E-state index is 11.0. The number of rotatable bonds is 9. The van der Waals surface area contributed by atoms with Crippen molar-refractivity contribution in [2.24, 2.45) is 0 Å². The average molecular weight is 283 g/mol. The first-order chi connectivity index (χ1) is 9.08. The van der Waals surface area contributed by atoms with Gasteiger partial charge in [-0.25, -0.2) is 4.79 Å². The second-order valence-corrected chi connectivity index (χ2v) is 6.24. The minimum absolute atomic E-state index is 0.457. The number of nitrogens with zero attached hydrogens (tertiary/aromatic N) is 1. The maximum atomic E-state index is 11.0. The number of aromatic carboxylic acids is 1. The highest BCUT2D eigenvalue weighted by molar-refractivity contribution is 7.14. The van der Waals surface area contributed by atoms with Gasteiger partial charge in [0.2, 0.25) is 0 Å². The van der Waals surface area contributed by atoms with Crippen LogP contribution in [0.2, 0.25) is 0 Å². The van der Waals surface area contributed by atoms with Crippen molar-refractivity contribution in [3.8, 4) is 0 Å². The Morgan fingerprint density at radius 1 is 1.26 bits per heavy atom. The lowest BCUT2D eigenvalue weighted by Crippen LogP contribution is -2.25. The van der Waals surface area contributed by atoms with Gasteiger partial charge in [-0.15, -0.1) is 11.3 Å². The molecule has 0 atom stereocenters. The fourth-order valence-electron chi connectivity index (χ4n) is 2.06. The molecule has 0 unspecified atom stereocenters. The first kappa shape index (κ1) is 16.2. The number of carboxylic acid groups (broad SMARTS) is 1. The predicted octanol–water partition coefficient (Wildman–Crippen LogP) is 4.16. The summed E-state index contributed by atoms with van der Waals surface area (Å²) in [5.41, 5.74) is 1.18. The SMILES string of the molecule is CCCCN(CCCC)Cc1cc(C(=O)O)sc1C. The quantitative estimate of drug-likeness (QED) is 0.740. The molecular weight excluding hydrogens is 258 g/mol. The van der Waals surface area contributed by atoms with Crippen LogP contribution < -0.4 is 0 Å². The highest BCUT2D eigenvalue weighted by Gasteiger charge is 2.13. The van der Waals surface area contributed by atoms with E-state index < -0.39 is 5.97 Å². The van der Waals surface area contributed by atoms with Crippen LogP contribution in [-0.2, 0) is 6.54 Å². The summed E-state index contributed by atoms with van der Waals surface area (Å²) in [6, 6.07) is 1.84. The van der Waals surface area contributed by atoms with Crippen molar-refractivity contribution in [1.82, 2.24) is 4.90 Å². The van der Waals surface area contributed by atoms with Gasteiger partial charge < -0.3 is 5.11 Å². The van der Waals surface area contributed by atoms with Gasteiger partial charge in [-0.05, 0) is 44.5 Å². The average Bonchev–Trinajstić information content (AvgIpc) is 2.74. The first-order valence-corrected chi connectivity index (χ1v) is 7.95. The van der Waals surface area contributed by atoms with E-state index >= 15 is 0 Å². The van der Waals surface area contributed by atoms with E-state index in [0.717, 1.165) is 24.5 Å². The molecule has 1 aromatic rings. The summed E-state index contributed by atoms with van der Waals surface area (Å²) >= 11 is 1.39. The van der Waals surface area contributed by atoms with E-state index in [1.807, 2.05) is 13.0 Å². The molecule has 0 aromatic carbocycles. The Bertz CT molecular complexity index is 393. The van der Waals surface area contributed by atoms with Crippen molar-refractivity contribution in [3.63, 3.8) is 0 Å². The number of hydrogen-bond donors (Lipinski definition) is 1. The molecule has 0 spiro atoms. The lowest BCUT2D eigenvalue weighted by molar-refractivity contribution is 0.0702. The van der Waals surface area contributed by atoms with Gasteiger partial charge in [0, 0.05) is 11.4 Å². The molecule has 3 nitrogen and oxygen atoms in total. The smallest absolute Gasteiger partial charge is 0.345 e. The third kappa shape index (κ3) is 5.33. The van der Waals surface area contributed by atoms with Crippen LogP contribution in [0.25, 0.3) is 0 Å². The number of hydrogen-bond acceptors (Lipinski definition) is 3. The second-order valence-electron chi connectivity index (χ2n) is 4.98. The Labute approximate surface area is 120 Å². The van der Waals surface area contributed by atoms with E-state index in [1.54, 1.807) is 0 Å². The number of unbranched alkanes of at least 4 members (excludes halogenated alkanes) is 2. The topological polar surface area (TPSA) is 40.5 Å². The zero-order valence-electron chi connectivity index (χ0n) is 12.2. The molecule has 108 valence electrons. The minimum atomic E-state index is -0.812. The van der Waals surface area contributed by atoms with E-state index in [4.69, 9.17) is 5.11 Å². The molecule has 19 heavy (non-hydrogen) atoms. The monoisotopic (exact) mass is 283 g/mol. The molecule has 0 fully saturated rings. The Morgan fingerprint density at radius 3 is 2.26 bits per heavy atom. The van der Waals surface area contributed by atoms with Gasteiger partial charge in [-0.1, -0.05) is 26.7 Å². The van der Waals surface area contributed by atoms with Crippen LogP contribution in [0.4, 0.5) is 0 Å². The molecule has 0 saturated heterocycles. The molecule has 0 saturated carbocycles. The van der Waals surface area contributed by atoms with Crippen molar-refractivity contribution in [1.29, 1.82) is 0 Å². The lowest BCUT2D eigenvalue weighted by Gasteiger charge is -2.21. The Morgan fingerprint density at radius 2 is 1.84 bits per heavy atom. The third-order valence-corrected chi connectivity index (χ3v) is 4.36. The van der Waals surface area contributed by atoms with Crippen LogP contribution in [-0.4, -0.2) is 29.1 Å². The normalized spacial score (nSPS) is 11.2.